The zero-order valence-corrected chi connectivity index (χ0v) is 14.5. The molecule has 1 aliphatic rings. The van der Waals surface area contributed by atoms with E-state index in [0.29, 0.717) is 16.4 Å². The van der Waals surface area contributed by atoms with E-state index in [4.69, 9.17) is 5.73 Å². The summed E-state index contributed by atoms with van der Waals surface area (Å²) < 4.78 is 2.01. The van der Waals surface area contributed by atoms with Crippen LogP contribution < -0.4 is 5.73 Å². The van der Waals surface area contributed by atoms with Crippen molar-refractivity contribution >= 4 is 23.5 Å². The van der Waals surface area contributed by atoms with Gasteiger partial charge in [-0.15, -0.1) is 0 Å². The van der Waals surface area contributed by atoms with Crippen LogP contribution in [0.4, 0.5) is 0 Å². The molecule has 4 nitrogen and oxygen atoms in total. The number of hydrogen-bond acceptors (Lipinski definition) is 5. The van der Waals surface area contributed by atoms with Gasteiger partial charge in [0.05, 0.1) is 0 Å². The zero-order valence-electron chi connectivity index (χ0n) is 12.8. The van der Waals surface area contributed by atoms with Gasteiger partial charge in [-0.25, -0.2) is 9.67 Å². The van der Waals surface area contributed by atoms with Crippen molar-refractivity contribution in [3.8, 4) is 0 Å². The molecule has 6 heteroatoms. The highest BCUT2D eigenvalue weighted by Gasteiger charge is 2.30. The minimum absolute atomic E-state index is 0.164. The quantitative estimate of drug-likeness (QED) is 0.904. The number of nitrogens with zero attached hydrogens (tertiary/aromatic N) is 3. The van der Waals surface area contributed by atoms with Crippen molar-refractivity contribution in [2.75, 3.05) is 5.75 Å². The van der Waals surface area contributed by atoms with Gasteiger partial charge in [-0.1, -0.05) is 27.7 Å². The molecule has 1 fully saturated rings. The summed E-state index contributed by atoms with van der Waals surface area (Å²) in [4.78, 5) is 4.39. The van der Waals surface area contributed by atoms with Crippen molar-refractivity contribution in [1.29, 1.82) is 0 Å². The second-order valence-electron chi connectivity index (χ2n) is 6.04. The highest BCUT2D eigenvalue weighted by Crippen LogP contribution is 2.37. The van der Waals surface area contributed by atoms with Gasteiger partial charge >= 0.3 is 0 Å². The molecule has 0 saturated carbocycles. The van der Waals surface area contributed by atoms with Gasteiger partial charge in [0.25, 0.3) is 0 Å². The minimum atomic E-state index is 0.164. The molecule has 1 saturated heterocycles. The number of rotatable bonds is 5. The maximum absolute atomic E-state index is 6.43. The molecular formula is C14H26N4S2. The van der Waals surface area contributed by atoms with Crippen LogP contribution in [0.2, 0.25) is 0 Å². The predicted octanol–water partition coefficient (Wildman–Crippen LogP) is 2.43. The molecule has 1 aromatic heterocycles. The van der Waals surface area contributed by atoms with Crippen molar-refractivity contribution in [1.82, 2.24) is 14.8 Å². The lowest BCUT2D eigenvalue weighted by Crippen LogP contribution is -2.41. The Hall–Kier alpha value is -0.200. The third-order valence-electron chi connectivity index (χ3n) is 3.70. The van der Waals surface area contributed by atoms with Crippen LogP contribution in [0.15, 0.2) is 6.33 Å². The Morgan fingerprint density at radius 1 is 1.40 bits per heavy atom. The summed E-state index contributed by atoms with van der Waals surface area (Å²) in [5, 5.41) is 6.25. The zero-order chi connectivity index (χ0) is 14.7. The smallest absolute Gasteiger partial charge is 0.138 e. The fourth-order valence-corrected chi connectivity index (χ4v) is 5.38. The van der Waals surface area contributed by atoms with Crippen LogP contribution >= 0.6 is 23.5 Å². The summed E-state index contributed by atoms with van der Waals surface area (Å²) in [6.45, 7) is 9.93. The first kappa shape index (κ1) is 16.2. The minimum Gasteiger partial charge on any atom is -0.326 e. The molecule has 0 bridgehead atoms. The predicted molar refractivity (Wildman–Crippen MR) is 89.3 cm³/mol. The van der Waals surface area contributed by atoms with Gasteiger partial charge in [-0.2, -0.15) is 28.6 Å². The largest absolute Gasteiger partial charge is 0.326 e. The van der Waals surface area contributed by atoms with E-state index in [9.17, 15) is 0 Å². The van der Waals surface area contributed by atoms with Crippen molar-refractivity contribution in [3.63, 3.8) is 0 Å². The van der Waals surface area contributed by atoms with E-state index in [-0.39, 0.29) is 6.04 Å². The van der Waals surface area contributed by atoms with Crippen molar-refractivity contribution in [3.05, 3.63) is 12.2 Å². The Morgan fingerprint density at radius 3 is 2.80 bits per heavy atom. The maximum Gasteiger partial charge on any atom is 0.138 e. The molecule has 2 rings (SSSR count). The van der Waals surface area contributed by atoms with Crippen LogP contribution in [0.25, 0.3) is 0 Å². The van der Waals surface area contributed by atoms with E-state index in [1.165, 1.54) is 0 Å². The first-order valence-electron chi connectivity index (χ1n) is 7.36. The molecule has 1 aromatic rings. The summed E-state index contributed by atoms with van der Waals surface area (Å²) in [6.07, 6.45) is 2.48. The SMILES string of the molecule is CC(C)Cn1ncnc1CC(N)C1CSC(C)C(C)S1. The van der Waals surface area contributed by atoms with Crippen LogP contribution in [0.1, 0.15) is 33.5 Å². The summed E-state index contributed by atoms with van der Waals surface area (Å²) in [7, 11) is 0. The third-order valence-corrected chi connectivity index (χ3v) is 7.28. The first-order chi connectivity index (χ1) is 9.47. The number of thioether (sulfide) groups is 2. The molecule has 0 aromatic carbocycles. The Balaban J connectivity index is 1.94. The number of nitrogens with two attached hydrogens (primary N) is 1. The van der Waals surface area contributed by atoms with Crippen LogP contribution in [0, 0.1) is 5.92 Å². The van der Waals surface area contributed by atoms with Gasteiger partial charge in [0.1, 0.15) is 12.2 Å². The van der Waals surface area contributed by atoms with Gasteiger partial charge in [-0.05, 0) is 5.92 Å². The molecule has 20 heavy (non-hydrogen) atoms. The molecule has 2 N–H and O–H groups in total. The number of aromatic nitrogens is 3. The van der Waals surface area contributed by atoms with Crippen molar-refractivity contribution in [2.24, 2.45) is 11.7 Å². The van der Waals surface area contributed by atoms with E-state index in [2.05, 4.69) is 37.8 Å². The first-order valence-corrected chi connectivity index (χ1v) is 9.35. The van der Waals surface area contributed by atoms with Gasteiger partial charge in [0.2, 0.25) is 0 Å². The topological polar surface area (TPSA) is 56.7 Å². The Kier molecular flexibility index (Phi) is 5.81. The lowest BCUT2D eigenvalue weighted by atomic mass is 10.1. The summed E-state index contributed by atoms with van der Waals surface area (Å²) in [6, 6.07) is 0.164. The number of hydrogen-bond donors (Lipinski definition) is 1. The molecular weight excluding hydrogens is 288 g/mol. The molecule has 0 amide bonds. The average molecular weight is 315 g/mol. The Bertz CT molecular complexity index is 421. The van der Waals surface area contributed by atoms with Crippen LogP contribution in [0.3, 0.4) is 0 Å². The monoisotopic (exact) mass is 314 g/mol. The molecule has 114 valence electrons. The Labute approximate surface area is 130 Å². The van der Waals surface area contributed by atoms with E-state index in [1.807, 2.05) is 28.2 Å². The summed E-state index contributed by atoms with van der Waals surface area (Å²) in [5.74, 6) is 2.76. The van der Waals surface area contributed by atoms with Crippen LogP contribution in [0.5, 0.6) is 0 Å². The standard InChI is InChI=1S/C14H26N4S2/c1-9(2)6-18-14(16-8-17-18)5-12(15)13-7-19-10(3)11(4)20-13/h8-13H,5-7,15H2,1-4H3. The second kappa shape index (κ2) is 7.18. The highest BCUT2D eigenvalue weighted by atomic mass is 32.2. The fourth-order valence-electron chi connectivity index (χ4n) is 2.32. The van der Waals surface area contributed by atoms with E-state index in [1.54, 1.807) is 6.33 Å². The van der Waals surface area contributed by atoms with Gasteiger partial charge in [-0.3, -0.25) is 0 Å². The molecule has 0 spiro atoms. The van der Waals surface area contributed by atoms with Crippen LogP contribution in [-0.2, 0) is 13.0 Å². The maximum atomic E-state index is 6.43. The lowest BCUT2D eigenvalue weighted by Gasteiger charge is -2.34. The fraction of sp³-hybridized carbons (Fsp3) is 0.857. The summed E-state index contributed by atoms with van der Waals surface area (Å²) in [5.41, 5.74) is 6.43. The van der Waals surface area contributed by atoms with E-state index >= 15 is 0 Å². The summed E-state index contributed by atoms with van der Waals surface area (Å²) >= 11 is 4.09. The molecule has 1 aliphatic heterocycles. The molecule has 4 unspecified atom stereocenters. The third kappa shape index (κ3) is 4.15. The normalized spacial score (nSPS) is 28.8. The highest BCUT2D eigenvalue weighted by molar-refractivity contribution is 8.07. The van der Waals surface area contributed by atoms with Crippen LogP contribution in [-0.4, -0.2) is 42.3 Å². The molecule has 0 radical (unpaired) electrons. The van der Waals surface area contributed by atoms with Gasteiger partial charge in [0.15, 0.2) is 0 Å². The molecule has 0 aliphatic carbocycles. The molecule has 4 atom stereocenters. The van der Waals surface area contributed by atoms with Gasteiger partial charge < -0.3 is 5.73 Å². The Morgan fingerprint density at radius 2 is 2.15 bits per heavy atom. The lowest BCUT2D eigenvalue weighted by molar-refractivity contribution is 0.457. The van der Waals surface area contributed by atoms with E-state index < -0.39 is 0 Å². The molecule has 2 heterocycles. The van der Waals surface area contributed by atoms with Gasteiger partial charge in [0, 0.05) is 40.5 Å². The van der Waals surface area contributed by atoms with Crippen molar-refractivity contribution < 1.29 is 0 Å². The second-order valence-corrected chi connectivity index (χ2v) is 9.07. The van der Waals surface area contributed by atoms with Crippen molar-refractivity contribution in [2.45, 2.75) is 62.5 Å². The average Bonchev–Trinajstić information content (AvgIpc) is 2.79. The van der Waals surface area contributed by atoms with E-state index in [0.717, 1.165) is 29.8 Å².